The fourth-order valence-corrected chi connectivity index (χ4v) is 5.41. The van der Waals surface area contributed by atoms with Gasteiger partial charge in [-0.1, -0.05) is 29.8 Å². The topological polar surface area (TPSA) is 124 Å². The standard InChI is InChI=1S/C25H26ClN3O7S/c1-35-25(32)36-24-20(15-27-23(31)16-10-12-28(13-11-16)37(2,33)34)22(30)19-9-8-17(26)14-21(19)29(24)18-6-4-3-5-7-18/h3-9,14,16H,10-13,15H2,1-2H3,(H,27,31). The first-order valence-electron chi connectivity index (χ1n) is 11.5. The van der Waals surface area contributed by atoms with Gasteiger partial charge in [0, 0.05) is 35.1 Å². The van der Waals surface area contributed by atoms with Crippen LogP contribution < -0.4 is 15.5 Å². The number of amides is 1. The van der Waals surface area contributed by atoms with Gasteiger partial charge in [0.25, 0.3) is 0 Å². The highest BCUT2D eigenvalue weighted by atomic mass is 35.5. The molecule has 1 aliphatic rings. The first kappa shape index (κ1) is 26.6. The molecule has 0 bridgehead atoms. The van der Waals surface area contributed by atoms with Crippen LogP contribution in [0, 0.1) is 5.92 Å². The summed E-state index contributed by atoms with van der Waals surface area (Å²) in [5, 5.41) is 3.46. The van der Waals surface area contributed by atoms with Gasteiger partial charge in [-0.25, -0.2) is 17.5 Å². The highest BCUT2D eigenvalue weighted by Crippen LogP contribution is 2.30. The Morgan fingerprint density at radius 2 is 1.78 bits per heavy atom. The molecule has 1 amide bonds. The highest BCUT2D eigenvalue weighted by Gasteiger charge is 2.30. The molecule has 3 aromatic rings. The van der Waals surface area contributed by atoms with Crippen LogP contribution in [0.1, 0.15) is 18.4 Å². The summed E-state index contributed by atoms with van der Waals surface area (Å²) in [4.78, 5) is 38.7. The number of carbonyl (C=O) groups excluding carboxylic acids is 2. The summed E-state index contributed by atoms with van der Waals surface area (Å²) in [6.45, 7) is 0.262. The monoisotopic (exact) mass is 547 g/mol. The summed E-state index contributed by atoms with van der Waals surface area (Å²) in [5.41, 5.74) is 0.608. The van der Waals surface area contributed by atoms with E-state index in [-0.39, 0.29) is 37.0 Å². The minimum Gasteiger partial charge on any atom is -0.437 e. The van der Waals surface area contributed by atoms with E-state index in [1.54, 1.807) is 47.0 Å². The van der Waals surface area contributed by atoms with Crippen molar-refractivity contribution in [1.82, 2.24) is 14.2 Å². The average Bonchev–Trinajstić information content (AvgIpc) is 2.88. The van der Waals surface area contributed by atoms with Gasteiger partial charge >= 0.3 is 6.16 Å². The Bertz CT molecular complexity index is 1500. The third-order valence-electron chi connectivity index (χ3n) is 6.27. The van der Waals surface area contributed by atoms with E-state index in [9.17, 15) is 22.8 Å². The van der Waals surface area contributed by atoms with E-state index in [1.807, 2.05) is 6.07 Å². The fraction of sp³-hybridized carbons (Fsp3) is 0.320. The predicted molar refractivity (Wildman–Crippen MR) is 139 cm³/mol. The molecule has 37 heavy (non-hydrogen) atoms. The molecule has 1 saturated heterocycles. The predicted octanol–water partition coefficient (Wildman–Crippen LogP) is 3.08. The van der Waals surface area contributed by atoms with Gasteiger partial charge in [-0.2, -0.15) is 0 Å². The van der Waals surface area contributed by atoms with Gasteiger partial charge in [-0.05, 0) is 43.2 Å². The number of benzene rings is 2. The number of rotatable bonds is 6. The van der Waals surface area contributed by atoms with Crippen molar-refractivity contribution in [3.8, 4) is 11.6 Å². The van der Waals surface area contributed by atoms with Gasteiger partial charge in [-0.3, -0.25) is 14.2 Å². The second-order valence-electron chi connectivity index (χ2n) is 8.66. The first-order chi connectivity index (χ1) is 17.6. The molecule has 1 aliphatic heterocycles. The van der Waals surface area contributed by atoms with Crippen LogP contribution >= 0.6 is 11.6 Å². The Labute approximate surface area is 218 Å². The number of methoxy groups -OCH3 is 1. The number of piperidine rings is 1. The molecule has 0 saturated carbocycles. The largest absolute Gasteiger partial charge is 0.514 e. The van der Waals surface area contributed by atoms with Crippen LogP contribution in [0.2, 0.25) is 5.02 Å². The van der Waals surface area contributed by atoms with E-state index in [0.29, 0.717) is 34.5 Å². The number of fused-ring (bicyclic) bond motifs is 1. The maximum Gasteiger partial charge on any atom is 0.514 e. The zero-order valence-corrected chi connectivity index (χ0v) is 21.8. The third-order valence-corrected chi connectivity index (χ3v) is 7.81. The van der Waals surface area contributed by atoms with Crippen LogP contribution in [-0.4, -0.2) is 55.8 Å². The molecule has 4 rings (SSSR count). The van der Waals surface area contributed by atoms with Crippen molar-refractivity contribution >= 4 is 44.6 Å². The maximum atomic E-state index is 13.5. The van der Waals surface area contributed by atoms with Crippen LogP contribution in [0.5, 0.6) is 5.88 Å². The van der Waals surface area contributed by atoms with Crippen molar-refractivity contribution in [2.24, 2.45) is 5.92 Å². The number of hydrogen-bond donors (Lipinski definition) is 1. The SMILES string of the molecule is COC(=O)Oc1c(CNC(=O)C2CCN(S(C)(=O)=O)CC2)c(=O)c2ccc(Cl)cc2n1-c1ccccc1. The van der Waals surface area contributed by atoms with Crippen LogP contribution in [0.15, 0.2) is 53.3 Å². The lowest BCUT2D eigenvalue weighted by Crippen LogP contribution is -2.42. The van der Waals surface area contributed by atoms with Crippen molar-refractivity contribution in [1.29, 1.82) is 0 Å². The minimum atomic E-state index is -3.32. The molecule has 0 atom stereocenters. The molecule has 0 aliphatic carbocycles. The van der Waals surface area contributed by atoms with Crippen molar-refractivity contribution in [2.45, 2.75) is 19.4 Å². The summed E-state index contributed by atoms with van der Waals surface area (Å²) >= 11 is 6.24. The third kappa shape index (κ3) is 5.79. The number of para-hydroxylation sites is 1. The Kier molecular flexibility index (Phi) is 7.86. The van der Waals surface area contributed by atoms with E-state index in [2.05, 4.69) is 5.32 Å². The molecule has 0 spiro atoms. The molecule has 10 nitrogen and oxygen atoms in total. The van der Waals surface area contributed by atoms with Crippen molar-refractivity contribution in [3.63, 3.8) is 0 Å². The second-order valence-corrected chi connectivity index (χ2v) is 11.1. The number of ether oxygens (including phenoxy) is 2. The maximum absolute atomic E-state index is 13.5. The average molecular weight is 548 g/mol. The molecular formula is C25H26ClN3O7S. The van der Waals surface area contributed by atoms with E-state index < -0.39 is 27.5 Å². The zero-order valence-electron chi connectivity index (χ0n) is 20.3. The minimum absolute atomic E-state index is 0.0472. The van der Waals surface area contributed by atoms with E-state index in [1.165, 1.54) is 4.31 Å². The Morgan fingerprint density at radius 1 is 1.11 bits per heavy atom. The number of nitrogens with one attached hydrogen (secondary N) is 1. The summed E-state index contributed by atoms with van der Waals surface area (Å²) in [5.74, 6) is -0.845. The van der Waals surface area contributed by atoms with Gasteiger partial charge in [0.1, 0.15) is 0 Å². The highest BCUT2D eigenvalue weighted by molar-refractivity contribution is 7.88. The Morgan fingerprint density at radius 3 is 2.41 bits per heavy atom. The van der Waals surface area contributed by atoms with E-state index in [4.69, 9.17) is 21.1 Å². The van der Waals surface area contributed by atoms with Crippen LogP contribution in [-0.2, 0) is 26.1 Å². The Hall–Kier alpha value is -3.41. The number of hydrogen-bond acceptors (Lipinski definition) is 7. The summed E-state index contributed by atoms with van der Waals surface area (Å²) < 4.78 is 36.6. The number of nitrogens with zero attached hydrogens (tertiary/aromatic N) is 2. The van der Waals surface area contributed by atoms with Gasteiger partial charge in [-0.15, -0.1) is 0 Å². The summed E-state index contributed by atoms with van der Waals surface area (Å²) in [6, 6.07) is 13.7. The molecule has 2 aromatic carbocycles. The number of sulfonamides is 1. The van der Waals surface area contributed by atoms with Gasteiger partial charge in [0.2, 0.25) is 21.8 Å². The van der Waals surface area contributed by atoms with Crippen molar-refractivity contribution in [2.75, 3.05) is 26.5 Å². The lowest BCUT2D eigenvalue weighted by molar-refractivity contribution is -0.126. The molecule has 196 valence electrons. The van der Waals surface area contributed by atoms with Crippen molar-refractivity contribution in [3.05, 3.63) is 69.3 Å². The van der Waals surface area contributed by atoms with Crippen LogP contribution in [0.4, 0.5) is 4.79 Å². The zero-order chi connectivity index (χ0) is 26.7. The number of aromatic nitrogens is 1. The molecule has 1 N–H and O–H groups in total. The van der Waals surface area contributed by atoms with Crippen LogP contribution in [0.25, 0.3) is 16.6 Å². The van der Waals surface area contributed by atoms with Crippen molar-refractivity contribution < 1.29 is 27.5 Å². The first-order valence-corrected chi connectivity index (χ1v) is 13.7. The fourth-order valence-electron chi connectivity index (χ4n) is 4.37. The summed E-state index contributed by atoms with van der Waals surface area (Å²) in [6.07, 6.45) is 0.816. The summed E-state index contributed by atoms with van der Waals surface area (Å²) in [7, 11) is -2.17. The molecule has 2 heterocycles. The second kappa shape index (κ2) is 10.9. The normalized spacial score (nSPS) is 14.9. The molecule has 0 radical (unpaired) electrons. The number of carbonyl (C=O) groups is 2. The van der Waals surface area contributed by atoms with Gasteiger partial charge in [0.05, 0.1) is 31.0 Å². The number of pyridine rings is 1. The molecule has 1 fully saturated rings. The number of halogens is 1. The lowest BCUT2D eigenvalue weighted by atomic mass is 9.97. The lowest BCUT2D eigenvalue weighted by Gasteiger charge is -2.29. The molecule has 1 aromatic heterocycles. The molecular weight excluding hydrogens is 522 g/mol. The smallest absolute Gasteiger partial charge is 0.437 e. The van der Waals surface area contributed by atoms with E-state index in [0.717, 1.165) is 13.4 Å². The van der Waals surface area contributed by atoms with Crippen LogP contribution in [0.3, 0.4) is 0 Å². The molecule has 12 heteroatoms. The van der Waals surface area contributed by atoms with Gasteiger partial charge in [0.15, 0.2) is 5.43 Å². The quantitative estimate of drug-likeness (QED) is 0.470. The van der Waals surface area contributed by atoms with E-state index >= 15 is 0 Å². The Balaban J connectivity index is 1.74. The van der Waals surface area contributed by atoms with Gasteiger partial charge < -0.3 is 14.8 Å². The molecule has 0 unspecified atom stereocenters.